The molecule has 4 rings (SSSR count). The second kappa shape index (κ2) is 7.75. The van der Waals surface area contributed by atoms with Crippen LogP contribution >= 0.6 is 0 Å². The van der Waals surface area contributed by atoms with E-state index in [1.807, 2.05) is 36.4 Å². The summed E-state index contributed by atoms with van der Waals surface area (Å²) in [4.78, 5) is 20.7. The number of hydrogen-bond acceptors (Lipinski definition) is 5. The number of benzene rings is 2. The highest BCUT2D eigenvalue weighted by molar-refractivity contribution is 6.02. The molecule has 0 bridgehead atoms. The van der Waals surface area contributed by atoms with Crippen LogP contribution < -0.4 is 10.1 Å². The SMILES string of the molecule is COc1ccc(C=CC(=O)Nc2ccc3oc(-c4cccnc4)nc3c2)cc1. The Morgan fingerprint density at radius 2 is 2.00 bits per heavy atom. The predicted octanol–water partition coefficient (Wildman–Crippen LogP) is 4.55. The smallest absolute Gasteiger partial charge is 0.248 e. The molecule has 6 heteroatoms. The van der Waals surface area contributed by atoms with Gasteiger partial charge in [0.25, 0.3) is 0 Å². The molecule has 0 radical (unpaired) electrons. The topological polar surface area (TPSA) is 77.2 Å². The highest BCUT2D eigenvalue weighted by Crippen LogP contribution is 2.25. The van der Waals surface area contributed by atoms with Crippen molar-refractivity contribution < 1.29 is 13.9 Å². The first-order valence-electron chi connectivity index (χ1n) is 8.65. The lowest BCUT2D eigenvalue weighted by atomic mass is 10.2. The fourth-order valence-electron chi connectivity index (χ4n) is 2.69. The van der Waals surface area contributed by atoms with Crippen molar-refractivity contribution in [1.82, 2.24) is 9.97 Å². The number of methoxy groups -OCH3 is 1. The number of pyridine rings is 1. The van der Waals surface area contributed by atoms with Gasteiger partial charge >= 0.3 is 0 Å². The number of anilines is 1. The molecule has 138 valence electrons. The number of fused-ring (bicyclic) bond motifs is 1. The summed E-state index contributed by atoms with van der Waals surface area (Å²) < 4.78 is 10.9. The van der Waals surface area contributed by atoms with Gasteiger partial charge in [0.05, 0.1) is 12.7 Å². The van der Waals surface area contributed by atoms with Crippen LogP contribution in [-0.4, -0.2) is 23.0 Å². The van der Waals surface area contributed by atoms with Crippen LogP contribution in [0.1, 0.15) is 5.56 Å². The van der Waals surface area contributed by atoms with Gasteiger partial charge in [-0.3, -0.25) is 9.78 Å². The van der Waals surface area contributed by atoms with Crippen molar-refractivity contribution in [3.05, 3.63) is 78.6 Å². The lowest BCUT2D eigenvalue weighted by Gasteiger charge is -2.02. The average molecular weight is 371 g/mol. The van der Waals surface area contributed by atoms with Crippen LogP contribution in [0.2, 0.25) is 0 Å². The van der Waals surface area contributed by atoms with E-state index in [4.69, 9.17) is 9.15 Å². The molecule has 0 aliphatic heterocycles. The van der Waals surface area contributed by atoms with E-state index in [2.05, 4.69) is 15.3 Å². The molecule has 0 unspecified atom stereocenters. The number of rotatable bonds is 5. The molecule has 0 aliphatic rings. The molecule has 2 aromatic heterocycles. The lowest BCUT2D eigenvalue weighted by Crippen LogP contribution is -2.07. The Bertz CT molecular complexity index is 1130. The van der Waals surface area contributed by atoms with E-state index in [0.717, 1.165) is 16.9 Å². The Balaban J connectivity index is 1.48. The van der Waals surface area contributed by atoms with Gasteiger partial charge in [0, 0.05) is 24.2 Å². The summed E-state index contributed by atoms with van der Waals surface area (Å²) in [6.45, 7) is 0. The molecule has 28 heavy (non-hydrogen) atoms. The molecular weight excluding hydrogens is 354 g/mol. The van der Waals surface area contributed by atoms with Crippen LogP contribution in [0.3, 0.4) is 0 Å². The van der Waals surface area contributed by atoms with E-state index in [1.165, 1.54) is 6.08 Å². The number of ether oxygens (including phenoxy) is 1. The van der Waals surface area contributed by atoms with Gasteiger partial charge in [0.1, 0.15) is 11.3 Å². The second-order valence-corrected chi connectivity index (χ2v) is 6.04. The van der Waals surface area contributed by atoms with Crippen LogP contribution in [0.4, 0.5) is 5.69 Å². The molecule has 0 saturated heterocycles. The third kappa shape index (κ3) is 3.91. The van der Waals surface area contributed by atoms with E-state index >= 15 is 0 Å². The molecule has 1 N–H and O–H groups in total. The minimum Gasteiger partial charge on any atom is -0.497 e. The first-order chi connectivity index (χ1) is 13.7. The van der Waals surface area contributed by atoms with Gasteiger partial charge < -0.3 is 14.5 Å². The van der Waals surface area contributed by atoms with Crippen LogP contribution in [0.15, 0.2) is 77.5 Å². The van der Waals surface area contributed by atoms with Gasteiger partial charge in [-0.15, -0.1) is 0 Å². The fourth-order valence-corrected chi connectivity index (χ4v) is 2.69. The van der Waals surface area contributed by atoms with Crippen molar-refractivity contribution >= 4 is 28.8 Å². The van der Waals surface area contributed by atoms with Gasteiger partial charge in [-0.05, 0) is 54.1 Å². The third-order valence-electron chi connectivity index (χ3n) is 4.11. The average Bonchev–Trinajstić information content (AvgIpc) is 3.17. The summed E-state index contributed by atoms with van der Waals surface area (Å²) in [6, 6.07) is 16.5. The van der Waals surface area contributed by atoms with E-state index in [0.29, 0.717) is 22.7 Å². The standard InChI is InChI=1S/C22H17N3O3/c1-27-18-8-4-15(5-9-18)6-11-21(26)24-17-7-10-20-19(13-17)25-22(28-20)16-3-2-12-23-14-16/h2-14H,1H3,(H,24,26). The number of nitrogens with one attached hydrogen (secondary N) is 1. The summed E-state index contributed by atoms with van der Waals surface area (Å²) in [7, 11) is 1.61. The quantitative estimate of drug-likeness (QED) is 0.521. The number of carbonyl (C=O) groups excluding carboxylic acids is 1. The van der Waals surface area contributed by atoms with E-state index < -0.39 is 0 Å². The van der Waals surface area contributed by atoms with Crippen molar-refractivity contribution in [3.8, 4) is 17.2 Å². The maximum atomic E-state index is 12.2. The maximum absolute atomic E-state index is 12.2. The van der Waals surface area contributed by atoms with E-state index in [1.54, 1.807) is 43.8 Å². The van der Waals surface area contributed by atoms with E-state index in [9.17, 15) is 4.79 Å². The van der Waals surface area contributed by atoms with E-state index in [-0.39, 0.29) is 5.91 Å². The van der Waals surface area contributed by atoms with Crippen molar-refractivity contribution in [1.29, 1.82) is 0 Å². The van der Waals surface area contributed by atoms with Gasteiger partial charge in [0.2, 0.25) is 11.8 Å². The Kier molecular flexibility index (Phi) is 4.84. The lowest BCUT2D eigenvalue weighted by molar-refractivity contribution is -0.111. The fraction of sp³-hybridized carbons (Fsp3) is 0.0455. The molecule has 4 aromatic rings. The van der Waals surface area contributed by atoms with Crippen LogP contribution in [0.5, 0.6) is 5.75 Å². The van der Waals surface area contributed by atoms with Gasteiger partial charge in [-0.1, -0.05) is 12.1 Å². The zero-order valence-electron chi connectivity index (χ0n) is 15.1. The van der Waals surface area contributed by atoms with Crippen molar-refractivity contribution in [2.75, 3.05) is 12.4 Å². The zero-order valence-corrected chi connectivity index (χ0v) is 15.1. The van der Waals surface area contributed by atoms with Crippen molar-refractivity contribution in [2.24, 2.45) is 0 Å². The van der Waals surface area contributed by atoms with Crippen LogP contribution in [0.25, 0.3) is 28.6 Å². The van der Waals surface area contributed by atoms with Gasteiger partial charge in [-0.25, -0.2) is 4.98 Å². The summed E-state index contributed by atoms with van der Waals surface area (Å²) in [6.07, 6.45) is 6.61. The number of amides is 1. The number of aromatic nitrogens is 2. The zero-order chi connectivity index (χ0) is 19.3. The number of hydrogen-bond donors (Lipinski definition) is 1. The summed E-state index contributed by atoms with van der Waals surface area (Å²) in [5.41, 5.74) is 3.65. The summed E-state index contributed by atoms with van der Waals surface area (Å²) >= 11 is 0. The minimum atomic E-state index is -0.230. The Labute approximate surface area is 161 Å². The Hall–Kier alpha value is -3.93. The molecule has 0 atom stereocenters. The Morgan fingerprint density at radius 3 is 2.75 bits per heavy atom. The Morgan fingerprint density at radius 1 is 1.14 bits per heavy atom. The number of nitrogens with zero attached hydrogens (tertiary/aromatic N) is 2. The van der Waals surface area contributed by atoms with Crippen molar-refractivity contribution in [2.45, 2.75) is 0 Å². The molecule has 0 saturated carbocycles. The van der Waals surface area contributed by atoms with Crippen LogP contribution in [0, 0.1) is 0 Å². The molecule has 6 nitrogen and oxygen atoms in total. The first-order valence-corrected chi connectivity index (χ1v) is 8.65. The highest BCUT2D eigenvalue weighted by atomic mass is 16.5. The maximum Gasteiger partial charge on any atom is 0.248 e. The van der Waals surface area contributed by atoms with Gasteiger partial charge in [0.15, 0.2) is 5.58 Å². The molecule has 1 amide bonds. The molecule has 0 spiro atoms. The molecular formula is C22H17N3O3. The molecule has 2 aromatic carbocycles. The van der Waals surface area contributed by atoms with Crippen molar-refractivity contribution in [3.63, 3.8) is 0 Å². The monoisotopic (exact) mass is 371 g/mol. The minimum absolute atomic E-state index is 0.230. The summed E-state index contributed by atoms with van der Waals surface area (Å²) in [5, 5.41) is 2.83. The molecule has 2 heterocycles. The second-order valence-electron chi connectivity index (χ2n) is 6.04. The predicted molar refractivity (Wildman–Crippen MR) is 108 cm³/mol. The molecule has 0 aliphatic carbocycles. The third-order valence-corrected chi connectivity index (χ3v) is 4.11. The highest BCUT2D eigenvalue weighted by Gasteiger charge is 2.09. The largest absolute Gasteiger partial charge is 0.497 e. The first kappa shape index (κ1) is 17.5. The van der Waals surface area contributed by atoms with Crippen LogP contribution in [-0.2, 0) is 4.79 Å². The number of oxazole rings is 1. The molecule has 0 fully saturated rings. The number of carbonyl (C=O) groups is 1. The van der Waals surface area contributed by atoms with Gasteiger partial charge in [-0.2, -0.15) is 0 Å². The normalized spacial score (nSPS) is 11.0. The summed E-state index contributed by atoms with van der Waals surface area (Å²) in [5.74, 6) is 1.03.